The van der Waals surface area contributed by atoms with Gasteiger partial charge in [0.15, 0.2) is 0 Å². The van der Waals surface area contributed by atoms with Crippen molar-refractivity contribution in [2.24, 2.45) is 0 Å². The Morgan fingerprint density at radius 1 is 0.957 bits per heavy atom. The molecular formula is C16H10N4O3. The summed E-state index contributed by atoms with van der Waals surface area (Å²) in [6.07, 6.45) is 2.90. The van der Waals surface area contributed by atoms with Gasteiger partial charge in [0.2, 0.25) is 11.6 Å². The number of aromatic amines is 1. The van der Waals surface area contributed by atoms with Gasteiger partial charge in [0.25, 0.3) is 5.56 Å². The highest BCUT2D eigenvalue weighted by atomic mass is 16.2. The first-order valence-electron chi connectivity index (χ1n) is 6.90. The minimum atomic E-state index is -0.583. The summed E-state index contributed by atoms with van der Waals surface area (Å²) in [7, 11) is 0. The van der Waals surface area contributed by atoms with E-state index >= 15 is 0 Å². The molecule has 0 aliphatic heterocycles. The van der Waals surface area contributed by atoms with Gasteiger partial charge in [0.05, 0.1) is 12.4 Å². The summed E-state index contributed by atoms with van der Waals surface area (Å²) < 4.78 is 1.12. The lowest BCUT2D eigenvalue weighted by Crippen LogP contribution is -2.26. The average molecular weight is 306 g/mol. The molecule has 7 heteroatoms. The number of nitrogens with zero attached hydrogens (tertiary/aromatic N) is 3. The van der Waals surface area contributed by atoms with Crippen LogP contribution < -0.4 is 5.56 Å². The van der Waals surface area contributed by atoms with E-state index in [9.17, 15) is 14.4 Å². The van der Waals surface area contributed by atoms with Gasteiger partial charge >= 0.3 is 0 Å². The second-order valence-electron chi connectivity index (χ2n) is 5.19. The number of fused-ring (bicyclic) bond motifs is 2. The minimum Gasteiger partial charge on any atom is -0.288 e. The Balaban J connectivity index is 1.97. The molecule has 0 fully saturated rings. The highest BCUT2D eigenvalue weighted by Crippen LogP contribution is 2.24. The predicted octanol–water partition coefficient (Wildman–Crippen LogP) is 1.04. The van der Waals surface area contributed by atoms with E-state index in [2.05, 4.69) is 15.1 Å². The molecule has 2 aromatic heterocycles. The molecule has 1 N–H and O–H groups in total. The largest absolute Gasteiger partial charge is 0.288 e. The highest BCUT2D eigenvalue weighted by molar-refractivity contribution is 6.27. The van der Waals surface area contributed by atoms with Gasteiger partial charge in [-0.1, -0.05) is 24.3 Å². The van der Waals surface area contributed by atoms with Gasteiger partial charge < -0.3 is 0 Å². The Labute approximate surface area is 129 Å². The standard InChI is InChI=1S/C16H10N4O3/c1-8-17-6-9(7-18-8)20-16(23)12-13(19-20)15(22)11-5-3-2-4-10(11)14(12)21/h2-7,19H,1H3. The van der Waals surface area contributed by atoms with Crippen molar-refractivity contribution in [3.05, 3.63) is 75.2 Å². The summed E-state index contributed by atoms with van der Waals surface area (Å²) in [5.41, 5.74) is 0.167. The highest BCUT2D eigenvalue weighted by Gasteiger charge is 2.34. The number of H-pyrrole nitrogens is 1. The fourth-order valence-corrected chi connectivity index (χ4v) is 2.64. The quantitative estimate of drug-likeness (QED) is 0.566. The third kappa shape index (κ3) is 1.80. The zero-order valence-electron chi connectivity index (χ0n) is 12.0. The number of hydrogen-bond acceptors (Lipinski definition) is 5. The molecule has 0 amide bonds. The van der Waals surface area contributed by atoms with Crippen molar-refractivity contribution in [2.45, 2.75) is 6.92 Å². The third-order valence-corrected chi connectivity index (χ3v) is 3.79. The van der Waals surface area contributed by atoms with Crippen LogP contribution in [0.1, 0.15) is 37.8 Å². The first-order valence-corrected chi connectivity index (χ1v) is 6.90. The summed E-state index contributed by atoms with van der Waals surface area (Å²) >= 11 is 0. The number of nitrogens with one attached hydrogen (secondary N) is 1. The number of aromatic nitrogens is 4. The van der Waals surface area contributed by atoms with E-state index in [-0.39, 0.29) is 22.6 Å². The van der Waals surface area contributed by atoms with E-state index in [1.165, 1.54) is 12.4 Å². The molecule has 0 atom stereocenters. The van der Waals surface area contributed by atoms with E-state index in [0.717, 1.165) is 4.68 Å². The number of carbonyl (C=O) groups is 2. The summed E-state index contributed by atoms with van der Waals surface area (Å²) in [5, 5.41) is 2.71. The monoisotopic (exact) mass is 306 g/mol. The van der Waals surface area contributed by atoms with Crippen molar-refractivity contribution in [1.82, 2.24) is 19.7 Å². The van der Waals surface area contributed by atoms with Gasteiger partial charge in [0, 0.05) is 11.1 Å². The van der Waals surface area contributed by atoms with E-state index in [0.29, 0.717) is 17.1 Å². The second kappa shape index (κ2) is 4.57. The van der Waals surface area contributed by atoms with Gasteiger partial charge in [-0.15, -0.1) is 0 Å². The van der Waals surface area contributed by atoms with Gasteiger partial charge in [-0.2, -0.15) is 0 Å². The molecule has 0 spiro atoms. The number of hydrogen-bond donors (Lipinski definition) is 1. The smallest absolute Gasteiger partial charge is 0.283 e. The minimum absolute atomic E-state index is 0.000671. The van der Waals surface area contributed by atoms with Crippen molar-refractivity contribution in [3.63, 3.8) is 0 Å². The SMILES string of the molecule is Cc1ncc(-n2[nH]c3c(c2=O)C(=O)c2ccccc2C3=O)cn1. The van der Waals surface area contributed by atoms with Crippen LogP contribution in [-0.4, -0.2) is 31.3 Å². The number of rotatable bonds is 1. The Morgan fingerprint density at radius 2 is 1.57 bits per heavy atom. The van der Waals surface area contributed by atoms with Crippen LogP contribution in [0.4, 0.5) is 0 Å². The Bertz CT molecular complexity index is 1030. The maximum absolute atomic E-state index is 12.6. The average Bonchev–Trinajstić information content (AvgIpc) is 2.91. The third-order valence-electron chi connectivity index (χ3n) is 3.79. The maximum Gasteiger partial charge on any atom is 0.283 e. The Kier molecular flexibility index (Phi) is 2.65. The topological polar surface area (TPSA) is 97.7 Å². The molecule has 1 aromatic carbocycles. The lowest BCUT2D eigenvalue weighted by Gasteiger charge is -2.11. The summed E-state index contributed by atoms with van der Waals surface area (Å²) in [4.78, 5) is 45.7. The van der Waals surface area contributed by atoms with Gasteiger partial charge in [-0.25, -0.2) is 14.6 Å². The fourth-order valence-electron chi connectivity index (χ4n) is 2.64. The van der Waals surface area contributed by atoms with Crippen LogP contribution >= 0.6 is 0 Å². The molecule has 0 bridgehead atoms. The van der Waals surface area contributed by atoms with Gasteiger partial charge in [-0.05, 0) is 6.92 Å². The molecule has 1 aliphatic carbocycles. The number of ketones is 2. The molecule has 112 valence electrons. The van der Waals surface area contributed by atoms with Crippen LogP contribution in [0.2, 0.25) is 0 Å². The molecular weight excluding hydrogens is 296 g/mol. The zero-order valence-corrected chi connectivity index (χ0v) is 12.0. The van der Waals surface area contributed by atoms with Crippen molar-refractivity contribution >= 4 is 11.6 Å². The van der Waals surface area contributed by atoms with Crippen molar-refractivity contribution in [3.8, 4) is 5.69 Å². The molecule has 0 radical (unpaired) electrons. The van der Waals surface area contributed by atoms with Crippen LogP contribution in [-0.2, 0) is 0 Å². The van der Waals surface area contributed by atoms with E-state index in [1.54, 1.807) is 31.2 Å². The van der Waals surface area contributed by atoms with Gasteiger partial charge in [-0.3, -0.25) is 19.5 Å². The zero-order chi connectivity index (χ0) is 16.1. The first kappa shape index (κ1) is 13.3. The Hall–Kier alpha value is -3.35. The van der Waals surface area contributed by atoms with Crippen LogP contribution in [0.25, 0.3) is 5.69 Å². The molecule has 7 nitrogen and oxygen atoms in total. The molecule has 4 rings (SSSR count). The van der Waals surface area contributed by atoms with E-state index in [1.807, 2.05) is 0 Å². The molecule has 1 aliphatic rings. The molecule has 23 heavy (non-hydrogen) atoms. The fraction of sp³-hybridized carbons (Fsp3) is 0.0625. The van der Waals surface area contributed by atoms with Crippen LogP contribution in [0.3, 0.4) is 0 Å². The lowest BCUT2D eigenvalue weighted by atomic mass is 9.88. The number of aryl methyl sites for hydroxylation is 1. The van der Waals surface area contributed by atoms with E-state index < -0.39 is 11.3 Å². The number of carbonyl (C=O) groups excluding carboxylic acids is 2. The molecule has 0 unspecified atom stereocenters. The lowest BCUT2D eigenvalue weighted by molar-refractivity contribution is 0.0976. The number of benzene rings is 1. The predicted molar refractivity (Wildman–Crippen MR) is 80.0 cm³/mol. The van der Waals surface area contributed by atoms with Crippen LogP contribution in [0.15, 0.2) is 41.5 Å². The molecule has 3 aromatic rings. The van der Waals surface area contributed by atoms with E-state index in [4.69, 9.17) is 0 Å². The summed E-state index contributed by atoms with van der Waals surface area (Å²) in [6.45, 7) is 1.72. The van der Waals surface area contributed by atoms with Crippen molar-refractivity contribution in [2.75, 3.05) is 0 Å². The van der Waals surface area contributed by atoms with Crippen molar-refractivity contribution < 1.29 is 9.59 Å². The molecule has 0 saturated heterocycles. The molecule has 2 heterocycles. The Morgan fingerprint density at radius 3 is 2.22 bits per heavy atom. The normalized spacial score (nSPS) is 12.9. The van der Waals surface area contributed by atoms with Crippen LogP contribution in [0, 0.1) is 6.92 Å². The van der Waals surface area contributed by atoms with Crippen LogP contribution in [0.5, 0.6) is 0 Å². The summed E-state index contributed by atoms with van der Waals surface area (Å²) in [6, 6.07) is 6.46. The molecule has 0 saturated carbocycles. The van der Waals surface area contributed by atoms with Crippen molar-refractivity contribution in [1.29, 1.82) is 0 Å². The van der Waals surface area contributed by atoms with Gasteiger partial charge in [0.1, 0.15) is 22.8 Å². The summed E-state index contributed by atoms with van der Waals surface area (Å²) in [5.74, 6) is -0.278. The maximum atomic E-state index is 12.6. The first-order chi connectivity index (χ1) is 11.1. The second-order valence-corrected chi connectivity index (χ2v) is 5.19.